The smallest absolute Gasteiger partial charge is 0.123 e. The molecule has 0 saturated heterocycles. The first-order chi connectivity index (χ1) is 9.28. The summed E-state index contributed by atoms with van der Waals surface area (Å²) in [5, 5.41) is 9.40. The number of benzene rings is 1. The van der Waals surface area contributed by atoms with Gasteiger partial charge in [0.2, 0.25) is 0 Å². The van der Waals surface area contributed by atoms with Crippen molar-refractivity contribution in [1.82, 2.24) is 0 Å². The highest BCUT2D eigenvalue weighted by Gasteiger charge is 2.33. The molecule has 1 aliphatic carbocycles. The van der Waals surface area contributed by atoms with E-state index >= 15 is 0 Å². The van der Waals surface area contributed by atoms with Gasteiger partial charge in [0.1, 0.15) is 18.1 Å². The Bertz CT molecular complexity index is 444. The summed E-state index contributed by atoms with van der Waals surface area (Å²) >= 11 is 0. The van der Waals surface area contributed by atoms with Gasteiger partial charge in [-0.3, -0.25) is 0 Å². The molecule has 0 amide bonds. The van der Waals surface area contributed by atoms with Crippen molar-refractivity contribution in [3.63, 3.8) is 0 Å². The van der Waals surface area contributed by atoms with E-state index in [-0.39, 0.29) is 5.41 Å². The van der Waals surface area contributed by atoms with Gasteiger partial charge in [0, 0.05) is 6.07 Å². The zero-order valence-corrected chi connectivity index (χ0v) is 11.5. The maximum atomic E-state index is 9.40. The second-order valence-electron chi connectivity index (χ2n) is 5.15. The van der Waals surface area contributed by atoms with Crippen LogP contribution in [0.5, 0.6) is 11.5 Å². The molecule has 102 valence electrons. The predicted molar refractivity (Wildman–Crippen MR) is 74.2 cm³/mol. The SMILES string of the molecule is CCOc1cccc(OCC2(C#N)CCCCC2)c1. The fourth-order valence-electron chi connectivity index (χ4n) is 2.56. The molecule has 0 bridgehead atoms. The minimum atomic E-state index is -0.292. The summed E-state index contributed by atoms with van der Waals surface area (Å²) in [4.78, 5) is 0. The number of nitrogens with zero attached hydrogens (tertiary/aromatic N) is 1. The molecule has 0 unspecified atom stereocenters. The monoisotopic (exact) mass is 259 g/mol. The topological polar surface area (TPSA) is 42.2 Å². The lowest BCUT2D eigenvalue weighted by molar-refractivity contribution is 0.150. The Hall–Kier alpha value is -1.69. The van der Waals surface area contributed by atoms with Crippen LogP contribution in [0.25, 0.3) is 0 Å². The zero-order chi connectivity index (χ0) is 13.6. The normalized spacial score (nSPS) is 17.5. The van der Waals surface area contributed by atoms with Crippen molar-refractivity contribution in [3.05, 3.63) is 24.3 Å². The van der Waals surface area contributed by atoms with Gasteiger partial charge in [0.05, 0.1) is 18.1 Å². The first-order valence-corrected chi connectivity index (χ1v) is 7.05. The molecular formula is C16H21NO2. The van der Waals surface area contributed by atoms with E-state index in [2.05, 4.69) is 6.07 Å². The highest BCUT2D eigenvalue weighted by Crippen LogP contribution is 2.36. The van der Waals surface area contributed by atoms with E-state index in [0.717, 1.165) is 37.2 Å². The molecule has 1 aromatic rings. The second-order valence-corrected chi connectivity index (χ2v) is 5.15. The van der Waals surface area contributed by atoms with Crippen molar-refractivity contribution in [2.75, 3.05) is 13.2 Å². The fourth-order valence-corrected chi connectivity index (χ4v) is 2.56. The van der Waals surface area contributed by atoms with Crippen molar-refractivity contribution in [2.45, 2.75) is 39.0 Å². The molecule has 1 saturated carbocycles. The van der Waals surface area contributed by atoms with Crippen molar-refractivity contribution in [3.8, 4) is 17.6 Å². The van der Waals surface area contributed by atoms with E-state index in [1.807, 2.05) is 31.2 Å². The van der Waals surface area contributed by atoms with E-state index in [1.165, 1.54) is 6.42 Å². The molecule has 0 atom stereocenters. The molecule has 19 heavy (non-hydrogen) atoms. The Morgan fingerprint density at radius 3 is 2.47 bits per heavy atom. The standard InChI is InChI=1S/C16H21NO2/c1-2-18-14-7-6-8-15(11-14)19-13-16(12-17)9-4-3-5-10-16/h6-8,11H,2-5,9-10,13H2,1H3. The van der Waals surface area contributed by atoms with Crippen LogP contribution in [-0.2, 0) is 0 Å². The van der Waals surface area contributed by atoms with E-state index in [0.29, 0.717) is 13.2 Å². The molecule has 1 aliphatic rings. The largest absolute Gasteiger partial charge is 0.494 e. The van der Waals surface area contributed by atoms with Crippen LogP contribution in [0.15, 0.2) is 24.3 Å². The van der Waals surface area contributed by atoms with Gasteiger partial charge in [0.15, 0.2) is 0 Å². The molecule has 0 spiro atoms. The van der Waals surface area contributed by atoms with Crippen LogP contribution in [0.1, 0.15) is 39.0 Å². The minimum Gasteiger partial charge on any atom is -0.494 e. The highest BCUT2D eigenvalue weighted by molar-refractivity contribution is 5.33. The van der Waals surface area contributed by atoms with Gasteiger partial charge in [-0.1, -0.05) is 25.3 Å². The molecule has 0 N–H and O–H groups in total. The van der Waals surface area contributed by atoms with Crippen molar-refractivity contribution < 1.29 is 9.47 Å². The third-order valence-electron chi connectivity index (χ3n) is 3.68. The molecule has 0 aliphatic heterocycles. The van der Waals surface area contributed by atoms with Gasteiger partial charge < -0.3 is 9.47 Å². The Morgan fingerprint density at radius 2 is 1.84 bits per heavy atom. The maximum Gasteiger partial charge on any atom is 0.123 e. The quantitative estimate of drug-likeness (QED) is 0.804. The first kappa shape index (κ1) is 13.7. The summed E-state index contributed by atoms with van der Waals surface area (Å²) in [7, 11) is 0. The van der Waals surface area contributed by atoms with Crippen LogP contribution < -0.4 is 9.47 Å². The van der Waals surface area contributed by atoms with Gasteiger partial charge in [0.25, 0.3) is 0 Å². The van der Waals surface area contributed by atoms with Crippen LogP contribution in [0.2, 0.25) is 0 Å². The lowest BCUT2D eigenvalue weighted by Gasteiger charge is -2.30. The highest BCUT2D eigenvalue weighted by atomic mass is 16.5. The molecule has 0 aromatic heterocycles. The van der Waals surface area contributed by atoms with E-state index in [1.54, 1.807) is 0 Å². The summed E-state index contributed by atoms with van der Waals surface area (Å²) in [5.41, 5.74) is -0.292. The van der Waals surface area contributed by atoms with Gasteiger partial charge in [-0.2, -0.15) is 5.26 Å². The van der Waals surface area contributed by atoms with Crippen LogP contribution in [-0.4, -0.2) is 13.2 Å². The molecule has 2 rings (SSSR count). The Kier molecular flexibility index (Phi) is 4.68. The summed E-state index contributed by atoms with van der Waals surface area (Å²) in [6.07, 6.45) is 5.42. The average Bonchev–Trinajstić information content (AvgIpc) is 2.47. The van der Waals surface area contributed by atoms with Gasteiger partial charge in [-0.05, 0) is 31.9 Å². The predicted octanol–water partition coefficient (Wildman–Crippen LogP) is 3.94. The lowest BCUT2D eigenvalue weighted by Crippen LogP contribution is -2.29. The molecular weight excluding hydrogens is 238 g/mol. The summed E-state index contributed by atoms with van der Waals surface area (Å²) in [6, 6.07) is 10.1. The Labute approximate surface area is 115 Å². The van der Waals surface area contributed by atoms with Gasteiger partial charge >= 0.3 is 0 Å². The minimum absolute atomic E-state index is 0.292. The third kappa shape index (κ3) is 3.64. The van der Waals surface area contributed by atoms with E-state index in [9.17, 15) is 5.26 Å². The number of hydrogen-bond acceptors (Lipinski definition) is 3. The van der Waals surface area contributed by atoms with Crippen LogP contribution in [0.3, 0.4) is 0 Å². The van der Waals surface area contributed by atoms with Crippen LogP contribution in [0.4, 0.5) is 0 Å². The first-order valence-electron chi connectivity index (χ1n) is 7.05. The Morgan fingerprint density at radius 1 is 1.16 bits per heavy atom. The van der Waals surface area contributed by atoms with Crippen LogP contribution >= 0.6 is 0 Å². The number of ether oxygens (including phenoxy) is 2. The van der Waals surface area contributed by atoms with Crippen molar-refractivity contribution in [1.29, 1.82) is 5.26 Å². The molecule has 0 heterocycles. The van der Waals surface area contributed by atoms with E-state index in [4.69, 9.17) is 9.47 Å². The number of hydrogen-bond donors (Lipinski definition) is 0. The number of nitriles is 1. The maximum absolute atomic E-state index is 9.40. The molecule has 3 heteroatoms. The molecule has 1 aromatic carbocycles. The van der Waals surface area contributed by atoms with Crippen molar-refractivity contribution in [2.24, 2.45) is 5.41 Å². The third-order valence-corrected chi connectivity index (χ3v) is 3.68. The second kappa shape index (κ2) is 6.47. The molecule has 3 nitrogen and oxygen atoms in total. The average molecular weight is 259 g/mol. The van der Waals surface area contributed by atoms with Crippen LogP contribution in [0, 0.1) is 16.7 Å². The fraction of sp³-hybridized carbons (Fsp3) is 0.562. The summed E-state index contributed by atoms with van der Waals surface area (Å²) in [6.45, 7) is 3.09. The summed E-state index contributed by atoms with van der Waals surface area (Å²) < 4.78 is 11.3. The van der Waals surface area contributed by atoms with E-state index < -0.39 is 0 Å². The Balaban J connectivity index is 1.97. The van der Waals surface area contributed by atoms with Crippen molar-refractivity contribution >= 4 is 0 Å². The molecule has 0 radical (unpaired) electrons. The summed E-state index contributed by atoms with van der Waals surface area (Å²) in [5.74, 6) is 1.60. The molecule has 1 fully saturated rings. The zero-order valence-electron chi connectivity index (χ0n) is 11.5. The van der Waals surface area contributed by atoms with Gasteiger partial charge in [-0.15, -0.1) is 0 Å². The van der Waals surface area contributed by atoms with Gasteiger partial charge in [-0.25, -0.2) is 0 Å². The number of rotatable bonds is 5. The lowest BCUT2D eigenvalue weighted by atomic mass is 9.76.